The number of anilines is 1. The Labute approximate surface area is 104 Å². The van der Waals surface area contributed by atoms with Gasteiger partial charge in [-0.2, -0.15) is 0 Å². The highest BCUT2D eigenvalue weighted by Crippen LogP contribution is 2.19. The van der Waals surface area contributed by atoms with Crippen molar-refractivity contribution in [1.29, 1.82) is 0 Å². The van der Waals surface area contributed by atoms with E-state index >= 15 is 0 Å². The number of nitrogens with zero attached hydrogens (tertiary/aromatic N) is 1. The Bertz CT molecular complexity index is 369. The summed E-state index contributed by atoms with van der Waals surface area (Å²) < 4.78 is 5.01. The van der Waals surface area contributed by atoms with Gasteiger partial charge in [0, 0.05) is 19.0 Å². The molecule has 0 radical (unpaired) electrons. The minimum Gasteiger partial charge on any atom is -0.480 e. The third kappa shape index (κ3) is 4.29. The summed E-state index contributed by atoms with van der Waals surface area (Å²) in [4.78, 5) is 14.8. The predicted molar refractivity (Wildman–Crippen MR) is 66.2 cm³/mol. The number of ether oxygens (including phenoxy) is 1. The molecule has 0 saturated heterocycles. The quantitative estimate of drug-likeness (QED) is 0.673. The van der Waals surface area contributed by atoms with E-state index < -0.39 is 12.0 Å². The molecule has 0 aliphatic rings. The van der Waals surface area contributed by atoms with E-state index in [1.54, 1.807) is 12.5 Å². The fraction of sp³-hybridized carbons (Fsp3) is 0.600. The molecule has 0 fully saturated rings. The van der Waals surface area contributed by atoms with E-state index in [2.05, 4.69) is 10.3 Å². The minimum atomic E-state index is -1.07. The lowest BCUT2D eigenvalue weighted by Crippen LogP contribution is -2.21. The van der Waals surface area contributed by atoms with E-state index in [1.165, 1.54) is 11.3 Å². The number of rotatable bonds is 7. The Balaban J connectivity index is 2.48. The van der Waals surface area contributed by atoms with Crippen LogP contribution in [-0.4, -0.2) is 36.3 Å². The number of methoxy groups -OCH3 is 1. The van der Waals surface area contributed by atoms with E-state index in [0.717, 1.165) is 6.54 Å². The van der Waals surface area contributed by atoms with Gasteiger partial charge in [-0.3, -0.25) is 4.79 Å². The molecule has 96 valence electrons. The first-order valence-corrected chi connectivity index (χ1v) is 6.09. The van der Waals surface area contributed by atoms with Crippen molar-refractivity contribution in [3.63, 3.8) is 0 Å². The average molecular weight is 259 g/mol. The Morgan fingerprint density at radius 2 is 2.47 bits per heavy atom. The Hall–Kier alpha value is -1.18. The van der Waals surface area contributed by atoms with Crippen LogP contribution in [0.15, 0.2) is 5.38 Å². The van der Waals surface area contributed by atoms with Crippen molar-refractivity contribution >= 4 is 22.4 Å². The maximum absolute atomic E-state index is 10.7. The fourth-order valence-electron chi connectivity index (χ4n) is 1.24. The van der Waals surface area contributed by atoms with Crippen molar-refractivity contribution in [3.05, 3.63) is 11.1 Å². The molecule has 0 spiro atoms. The first kappa shape index (κ1) is 13.9. The van der Waals surface area contributed by atoms with Crippen molar-refractivity contribution < 1.29 is 14.6 Å². The number of nitrogens with one attached hydrogen (secondary N) is 1. The molecule has 0 saturated carbocycles. The maximum atomic E-state index is 10.7. The van der Waals surface area contributed by atoms with E-state index in [0.29, 0.717) is 23.4 Å². The van der Waals surface area contributed by atoms with Crippen LogP contribution >= 0.6 is 11.3 Å². The first-order valence-electron chi connectivity index (χ1n) is 5.21. The van der Waals surface area contributed by atoms with Crippen LogP contribution in [0.5, 0.6) is 0 Å². The van der Waals surface area contributed by atoms with Crippen LogP contribution in [0.4, 0.5) is 5.13 Å². The zero-order chi connectivity index (χ0) is 12.8. The van der Waals surface area contributed by atoms with Crippen molar-refractivity contribution in [2.75, 3.05) is 25.6 Å². The lowest BCUT2D eigenvalue weighted by atomic mass is 10.2. The summed E-state index contributed by atoms with van der Waals surface area (Å²) in [5, 5.41) is 14.2. The fourth-order valence-corrected chi connectivity index (χ4v) is 2.00. The highest BCUT2D eigenvalue weighted by molar-refractivity contribution is 7.13. The normalized spacial score (nSPS) is 14.3. The van der Waals surface area contributed by atoms with E-state index in [1.807, 2.05) is 6.92 Å². The molecule has 0 aromatic carbocycles. The van der Waals surface area contributed by atoms with Gasteiger partial charge in [-0.1, -0.05) is 6.92 Å². The molecule has 6 nitrogen and oxygen atoms in total. The lowest BCUT2D eigenvalue weighted by Gasteiger charge is -2.10. The second kappa shape index (κ2) is 6.53. The van der Waals surface area contributed by atoms with Gasteiger partial charge in [0.05, 0.1) is 12.3 Å². The topological polar surface area (TPSA) is 97.5 Å². The lowest BCUT2D eigenvalue weighted by molar-refractivity contribution is -0.138. The van der Waals surface area contributed by atoms with Gasteiger partial charge in [0.2, 0.25) is 0 Å². The monoisotopic (exact) mass is 259 g/mol. The van der Waals surface area contributed by atoms with Crippen LogP contribution in [0.3, 0.4) is 0 Å². The zero-order valence-corrected chi connectivity index (χ0v) is 10.7. The van der Waals surface area contributed by atoms with Crippen LogP contribution in [0.25, 0.3) is 0 Å². The minimum absolute atomic E-state index is 0.362. The third-order valence-corrected chi connectivity index (χ3v) is 2.98. The molecule has 1 aromatic rings. The number of hydrogen-bond donors (Lipinski definition) is 3. The molecule has 17 heavy (non-hydrogen) atoms. The number of hydrogen-bond acceptors (Lipinski definition) is 6. The first-order chi connectivity index (χ1) is 8.04. The molecular weight excluding hydrogens is 242 g/mol. The van der Waals surface area contributed by atoms with Crippen molar-refractivity contribution in [2.24, 2.45) is 11.7 Å². The number of aromatic nitrogens is 1. The Morgan fingerprint density at radius 1 is 1.76 bits per heavy atom. The van der Waals surface area contributed by atoms with Gasteiger partial charge in [0.25, 0.3) is 0 Å². The van der Waals surface area contributed by atoms with Gasteiger partial charge < -0.3 is 20.9 Å². The Kier molecular flexibility index (Phi) is 5.33. The van der Waals surface area contributed by atoms with Crippen LogP contribution in [0, 0.1) is 5.92 Å². The molecule has 1 rings (SSSR count). The maximum Gasteiger partial charge on any atom is 0.326 e. The largest absolute Gasteiger partial charge is 0.480 e. The van der Waals surface area contributed by atoms with Crippen molar-refractivity contribution in [2.45, 2.75) is 13.0 Å². The average Bonchev–Trinajstić information content (AvgIpc) is 2.74. The third-order valence-electron chi connectivity index (χ3n) is 2.16. The summed E-state index contributed by atoms with van der Waals surface area (Å²) in [5.74, 6) is -0.713. The molecule has 2 unspecified atom stereocenters. The SMILES string of the molecule is COCC(C)CNc1nc(C(N)C(=O)O)cs1. The van der Waals surface area contributed by atoms with Gasteiger partial charge >= 0.3 is 5.97 Å². The summed E-state index contributed by atoms with van der Waals surface area (Å²) in [5.41, 5.74) is 5.83. The smallest absolute Gasteiger partial charge is 0.326 e. The molecule has 0 aliphatic carbocycles. The van der Waals surface area contributed by atoms with Crippen LogP contribution in [0.2, 0.25) is 0 Å². The number of carboxylic acids is 1. The second-order valence-corrected chi connectivity index (χ2v) is 4.69. The highest BCUT2D eigenvalue weighted by Gasteiger charge is 2.17. The second-order valence-electron chi connectivity index (χ2n) is 3.83. The summed E-state index contributed by atoms with van der Waals surface area (Å²) in [6.45, 7) is 3.44. The number of carbonyl (C=O) groups is 1. The van der Waals surface area contributed by atoms with Gasteiger partial charge in [0.1, 0.15) is 6.04 Å². The molecule has 0 bridgehead atoms. The van der Waals surface area contributed by atoms with Gasteiger partial charge in [0.15, 0.2) is 5.13 Å². The molecule has 0 aliphatic heterocycles. The van der Waals surface area contributed by atoms with E-state index in [4.69, 9.17) is 15.6 Å². The molecule has 0 amide bonds. The molecule has 1 heterocycles. The van der Waals surface area contributed by atoms with Crippen molar-refractivity contribution in [1.82, 2.24) is 4.98 Å². The van der Waals surface area contributed by atoms with E-state index in [9.17, 15) is 4.79 Å². The molecule has 2 atom stereocenters. The summed E-state index contributed by atoms with van der Waals surface area (Å²) in [6, 6.07) is -1.06. The standard InChI is InChI=1S/C10H17N3O3S/c1-6(4-16-2)3-12-10-13-7(5-17-10)8(11)9(14)15/h5-6,8H,3-4,11H2,1-2H3,(H,12,13)(H,14,15). The molecular formula is C10H17N3O3S. The highest BCUT2D eigenvalue weighted by atomic mass is 32.1. The number of carboxylic acid groups (broad SMARTS) is 1. The molecule has 4 N–H and O–H groups in total. The number of thiazole rings is 1. The van der Waals surface area contributed by atoms with Crippen LogP contribution < -0.4 is 11.1 Å². The Morgan fingerprint density at radius 3 is 3.06 bits per heavy atom. The van der Waals surface area contributed by atoms with Gasteiger partial charge in [-0.15, -0.1) is 11.3 Å². The zero-order valence-electron chi connectivity index (χ0n) is 9.84. The number of aliphatic carboxylic acids is 1. The summed E-state index contributed by atoms with van der Waals surface area (Å²) in [7, 11) is 1.66. The van der Waals surface area contributed by atoms with Gasteiger partial charge in [-0.25, -0.2) is 4.98 Å². The predicted octanol–water partition coefficient (Wildman–Crippen LogP) is 0.922. The van der Waals surface area contributed by atoms with Crippen LogP contribution in [0.1, 0.15) is 18.7 Å². The molecule has 7 heteroatoms. The van der Waals surface area contributed by atoms with E-state index in [-0.39, 0.29) is 0 Å². The van der Waals surface area contributed by atoms with Crippen molar-refractivity contribution in [3.8, 4) is 0 Å². The summed E-state index contributed by atoms with van der Waals surface area (Å²) >= 11 is 1.35. The summed E-state index contributed by atoms with van der Waals surface area (Å²) in [6.07, 6.45) is 0. The van der Waals surface area contributed by atoms with Crippen LogP contribution in [-0.2, 0) is 9.53 Å². The number of nitrogens with two attached hydrogens (primary N) is 1. The van der Waals surface area contributed by atoms with Gasteiger partial charge in [-0.05, 0) is 5.92 Å². The molecule has 1 aromatic heterocycles.